The summed E-state index contributed by atoms with van der Waals surface area (Å²) in [5.41, 5.74) is 11.4. The molecule has 3 heteroatoms. The fourth-order valence-electron chi connectivity index (χ4n) is 5.64. The number of fused-ring (bicyclic) bond motifs is 9. The Morgan fingerprint density at radius 3 is 2.17 bits per heavy atom. The van der Waals surface area contributed by atoms with Crippen LogP contribution in [0, 0.1) is 0 Å². The molecular formula is C33H21N3. The predicted molar refractivity (Wildman–Crippen MR) is 149 cm³/mol. The first kappa shape index (κ1) is 19.5. The fraction of sp³-hybridized carbons (Fsp3) is 0.0303. The Balaban J connectivity index is 1.30. The average Bonchev–Trinajstić information content (AvgIpc) is 3.55. The SMILES string of the molecule is c1ccc2c(c1)CC(c1ccc(-c3ccc4c5ccccc5c5nc6ccccc6n5c4c3)cc1)=N2. The molecule has 0 spiro atoms. The van der Waals surface area contributed by atoms with Crippen molar-refractivity contribution in [2.75, 3.05) is 0 Å². The Bertz CT molecular complexity index is 2010. The summed E-state index contributed by atoms with van der Waals surface area (Å²) >= 11 is 0. The quantitative estimate of drug-likeness (QED) is 0.240. The number of hydrogen-bond acceptors (Lipinski definition) is 2. The van der Waals surface area contributed by atoms with Gasteiger partial charge in [0.15, 0.2) is 0 Å². The molecule has 0 fully saturated rings. The van der Waals surface area contributed by atoms with E-state index in [1.54, 1.807) is 0 Å². The maximum absolute atomic E-state index is 5.02. The van der Waals surface area contributed by atoms with E-state index in [4.69, 9.17) is 9.98 Å². The van der Waals surface area contributed by atoms with Gasteiger partial charge in [-0.1, -0.05) is 91.0 Å². The van der Waals surface area contributed by atoms with Crippen LogP contribution in [-0.2, 0) is 6.42 Å². The molecule has 0 saturated heterocycles. The van der Waals surface area contributed by atoms with Crippen LogP contribution in [0.2, 0.25) is 0 Å². The minimum atomic E-state index is 0.893. The van der Waals surface area contributed by atoms with E-state index in [1.807, 2.05) is 0 Å². The molecule has 0 aliphatic carbocycles. The third-order valence-corrected chi connectivity index (χ3v) is 7.41. The monoisotopic (exact) mass is 459 g/mol. The number of pyridine rings is 1. The van der Waals surface area contributed by atoms with E-state index in [-0.39, 0.29) is 0 Å². The van der Waals surface area contributed by atoms with Crippen molar-refractivity contribution in [1.82, 2.24) is 9.38 Å². The second kappa shape index (κ2) is 7.37. The summed E-state index contributed by atoms with van der Waals surface area (Å²) in [7, 11) is 0. The number of benzene rings is 5. The molecule has 0 radical (unpaired) electrons. The van der Waals surface area contributed by atoms with Crippen LogP contribution in [-0.4, -0.2) is 15.1 Å². The molecule has 2 aromatic heterocycles. The topological polar surface area (TPSA) is 29.7 Å². The summed E-state index contributed by atoms with van der Waals surface area (Å²) in [5.74, 6) is 0. The van der Waals surface area contributed by atoms with Gasteiger partial charge in [-0.3, -0.25) is 9.39 Å². The van der Waals surface area contributed by atoms with Crippen LogP contribution in [0.5, 0.6) is 0 Å². The van der Waals surface area contributed by atoms with Crippen LogP contribution in [0.25, 0.3) is 49.5 Å². The molecule has 0 unspecified atom stereocenters. The number of imidazole rings is 1. The van der Waals surface area contributed by atoms with Gasteiger partial charge in [-0.25, -0.2) is 4.98 Å². The number of hydrogen-bond donors (Lipinski definition) is 0. The lowest BCUT2D eigenvalue weighted by Crippen LogP contribution is -1.99. The maximum Gasteiger partial charge on any atom is 0.146 e. The smallest absolute Gasteiger partial charge is 0.146 e. The zero-order valence-corrected chi connectivity index (χ0v) is 19.5. The first-order chi connectivity index (χ1) is 17.8. The zero-order chi connectivity index (χ0) is 23.6. The molecule has 0 atom stereocenters. The van der Waals surface area contributed by atoms with Crippen LogP contribution in [0.15, 0.2) is 120 Å². The van der Waals surface area contributed by atoms with Gasteiger partial charge >= 0.3 is 0 Å². The first-order valence-electron chi connectivity index (χ1n) is 12.3. The van der Waals surface area contributed by atoms with Gasteiger partial charge in [-0.2, -0.15) is 0 Å². The van der Waals surface area contributed by atoms with E-state index in [0.29, 0.717) is 0 Å². The fourth-order valence-corrected chi connectivity index (χ4v) is 5.64. The Morgan fingerprint density at radius 1 is 0.556 bits per heavy atom. The van der Waals surface area contributed by atoms with Crippen LogP contribution in [0.1, 0.15) is 11.1 Å². The second-order valence-corrected chi connectivity index (χ2v) is 9.48. The summed E-state index contributed by atoms with van der Waals surface area (Å²) < 4.78 is 2.31. The Kier molecular flexibility index (Phi) is 4.00. The number of nitrogens with zero attached hydrogens (tertiary/aromatic N) is 3. The highest BCUT2D eigenvalue weighted by molar-refractivity contribution is 6.14. The summed E-state index contributed by atoms with van der Waals surface area (Å²) in [5, 5.41) is 3.65. The molecule has 8 rings (SSSR count). The van der Waals surface area contributed by atoms with Crippen molar-refractivity contribution in [1.29, 1.82) is 0 Å². The molecule has 5 aromatic carbocycles. The van der Waals surface area contributed by atoms with Gasteiger partial charge in [0.2, 0.25) is 0 Å². The molecule has 0 amide bonds. The van der Waals surface area contributed by atoms with Gasteiger partial charge in [-0.15, -0.1) is 0 Å². The van der Waals surface area contributed by atoms with Crippen LogP contribution in [0.4, 0.5) is 5.69 Å². The van der Waals surface area contributed by atoms with Gasteiger partial charge in [0.05, 0.1) is 27.9 Å². The van der Waals surface area contributed by atoms with E-state index in [1.165, 1.54) is 43.9 Å². The maximum atomic E-state index is 5.02. The molecule has 3 heterocycles. The average molecular weight is 460 g/mol. The van der Waals surface area contributed by atoms with Crippen LogP contribution >= 0.6 is 0 Å². The highest BCUT2D eigenvalue weighted by Crippen LogP contribution is 2.35. The highest BCUT2D eigenvalue weighted by Gasteiger charge is 2.16. The molecule has 1 aliphatic rings. The second-order valence-electron chi connectivity index (χ2n) is 9.48. The van der Waals surface area contributed by atoms with E-state index in [0.717, 1.165) is 34.5 Å². The third-order valence-electron chi connectivity index (χ3n) is 7.41. The molecule has 0 bridgehead atoms. The number of rotatable bonds is 2. The van der Waals surface area contributed by atoms with Gasteiger partial charge in [-0.05, 0) is 51.9 Å². The minimum absolute atomic E-state index is 0.893. The first-order valence-corrected chi connectivity index (χ1v) is 12.3. The van der Waals surface area contributed by atoms with Crippen molar-refractivity contribution in [3.05, 3.63) is 126 Å². The lowest BCUT2D eigenvalue weighted by Gasteiger charge is -2.11. The van der Waals surface area contributed by atoms with Crippen molar-refractivity contribution in [2.24, 2.45) is 4.99 Å². The van der Waals surface area contributed by atoms with E-state index >= 15 is 0 Å². The molecule has 36 heavy (non-hydrogen) atoms. The largest absolute Gasteiger partial charge is 0.292 e. The van der Waals surface area contributed by atoms with E-state index in [9.17, 15) is 0 Å². The molecule has 168 valence electrons. The van der Waals surface area contributed by atoms with Crippen molar-refractivity contribution < 1.29 is 0 Å². The van der Waals surface area contributed by atoms with Crippen LogP contribution in [0.3, 0.4) is 0 Å². The summed E-state index contributed by atoms with van der Waals surface area (Å²) in [6.07, 6.45) is 0.893. The number of aliphatic imine (C=N–C) groups is 1. The van der Waals surface area contributed by atoms with Crippen LogP contribution < -0.4 is 0 Å². The molecule has 0 N–H and O–H groups in total. The molecular weight excluding hydrogens is 438 g/mol. The summed E-state index contributed by atoms with van der Waals surface area (Å²) in [6, 6.07) is 41.0. The van der Waals surface area contributed by atoms with Gasteiger partial charge in [0.25, 0.3) is 0 Å². The predicted octanol–water partition coefficient (Wildman–Crippen LogP) is 8.14. The normalized spacial score (nSPS) is 13.1. The van der Waals surface area contributed by atoms with Gasteiger partial charge in [0.1, 0.15) is 5.65 Å². The zero-order valence-electron chi connectivity index (χ0n) is 19.5. The lowest BCUT2D eigenvalue weighted by molar-refractivity contribution is 1.31. The minimum Gasteiger partial charge on any atom is -0.292 e. The summed E-state index contributed by atoms with van der Waals surface area (Å²) in [4.78, 5) is 9.88. The Hall–Kier alpha value is -4.76. The molecule has 1 aliphatic heterocycles. The van der Waals surface area contributed by atoms with Crippen molar-refractivity contribution in [2.45, 2.75) is 6.42 Å². The van der Waals surface area contributed by atoms with Crippen molar-refractivity contribution >= 4 is 49.8 Å². The number of para-hydroxylation sites is 3. The Morgan fingerprint density at radius 2 is 1.28 bits per heavy atom. The highest BCUT2D eigenvalue weighted by atomic mass is 15.0. The van der Waals surface area contributed by atoms with Gasteiger partial charge in [0, 0.05) is 17.2 Å². The summed E-state index contributed by atoms with van der Waals surface area (Å²) in [6.45, 7) is 0. The lowest BCUT2D eigenvalue weighted by atomic mass is 9.98. The molecule has 3 nitrogen and oxygen atoms in total. The van der Waals surface area contributed by atoms with Crippen molar-refractivity contribution in [3.8, 4) is 11.1 Å². The Labute approximate surface area is 208 Å². The van der Waals surface area contributed by atoms with E-state index < -0.39 is 0 Å². The standard InChI is InChI=1S/C33H21N3/c1-4-10-28-24(7-1)19-30(34-28)22-15-13-21(14-16-22)23-17-18-26-25-8-2-3-9-27(25)33-35-29-11-5-6-12-31(29)36(33)32(26)20-23/h1-18,20H,19H2. The third kappa shape index (κ3) is 2.80. The van der Waals surface area contributed by atoms with Crippen molar-refractivity contribution in [3.63, 3.8) is 0 Å². The van der Waals surface area contributed by atoms with E-state index in [2.05, 4.69) is 120 Å². The van der Waals surface area contributed by atoms with Gasteiger partial charge < -0.3 is 0 Å². The number of aromatic nitrogens is 2. The molecule has 0 saturated carbocycles. The molecule has 7 aromatic rings.